The van der Waals surface area contributed by atoms with Crippen molar-refractivity contribution in [2.75, 3.05) is 24.2 Å². The lowest BCUT2D eigenvalue weighted by Crippen LogP contribution is -2.25. The van der Waals surface area contributed by atoms with Crippen molar-refractivity contribution >= 4 is 40.2 Å². The minimum absolute atomic E-state index is 0.132. The van der Waals surface area contributed by atoms with Gasteiger partial charge in [0.1, 0.15) is 11.8 Å². The largest absolute Gasteiger partial charge is 0.382 e. The number of nitrogens with zero attached hydrogens (tertiary/aromatic N) is 5. The van der Waals surface area contributed by atoms with Crippen LogP contribution in [0.15, 0.2) is 71.8 Å². The summed E-state index contributed by atoms with van der Waals surface area (Å²) in [5.74, 6) is 0.0538. The predicted molar refractivity (Wildman–Crippen MR) is 137 cm³/mol. The summed E-state index contributed by atoms with van der Waals surface area (Å²) in [6.45, 7) is 0.675. The van der Waals surface area contributed by atoms with E-state index in [0.29, 0.717) is 45.8 Å². The van der Waals surface area contributed by atoms with Gasteiger partial charge in [0.15, 0.2) is 11.5 Å². The highest BCUT2D eigenvalue weighted by Crippen LogP contribution is 2.25. The van der Waals surface area contributed by atoms with E-state index in [-0.39, 0.29) is 17.4 Å². The van der Waals surface area contributed by atoms with Crippen LogP contribution in [0.2, 0.25) is 5.02 Å². The van der Waals surface area contributed by atoms with Gasteiger partial charge in [-0.05, 0) is 61.4 Å². The van der Waals surface area contributed by atoms with Gasteiger partial charge in [-0.3, -0.25) is 9.36 Å². The quantitative estimate of drug-likeness (QED) is 0.386. The number of carbonyl (C=O) groups excluding carboxylic acids is 1. The number of nitrogens with one attached hydrogen (secondary N) is 1. The number of carbonyl (C=O) groups is 1. The minimum Gasteiger partial charge on any atom is -0.382 e. The summed E-state index contributed by atoms with van der Waals surface area (Å²) in [5.41, 5.74) is 8.45. The van der Waals surface area contributed by atoms with E-state index >= 15 is 0 Å². The Bertz CT molecular complexity index is 1470. The van der Waals surface area contributed by atoms with Crippen LogP contribution in [0.25, 0.3) is 22.5 Å². The Balaban J connectivity index is 1.47. The summed E-state index contributed by atoms with van der Waals surface area (Å²) in [6.07, 6.45) is 7.13. The number of benzene rings is 2. The average Bonchev–Trinajstić information content (AvgIpc) is 3.64. The molecule has 1 amide bonds. The van der Waals surface area contributed by atoms with Gasteiger partial charge in [-0.2, -0.15) is 0 Å². The molecule has 0 radical (unpaired) electrons. The maximum atomic E-state index is 13.5. The molecule has 0 aliphatic heterocycles. The Labute approximate surface area is 206 Å². The molecular weight excluding hydrogens is 466 g/mol. The Morgan fingerprint density at radius 2 is 1.77 bits per heavy atom. The Morgan fingerprint density at radius 3 is 2.46 bits per heavy atom. The summed E-state index contributed by atoms with van der Waals surface area (Å²) < 4.78 is 2.93. The molecule has 0 bridgehead atoms. The van der Waals surface area contributed by atoms with Gasteiger partial charge in [0.05, 0.1) is 11.4 Å². The van der Waals surface area contributed by atoms with E-state index in [9.17, 15) is 9.59 Å². The van der Waals surface area contributed by atoms with E-state index in [1.807, 2.05) is 6.08 Å². The molecule has 1 fully saturated rings. The van der Waals surface area contributed by atoms with Crippen molar-refractivity contribution in [2.45, 2.75) is 18.9 Å². The number of nitrogens with two attached hydrogens (primary N) is 1. The van der Waals surface area contributed by atoms with Crippen LogP contribution in [-0.2, 0) is 4.79 Å². The van der Waals surface area contributed by atoms with Gasteiger partial charge >= 0.3 is 5.69 Å². The molecule has 5 rings (SSSR count). The number of anilines is 2. The number of fused-ring (bicyclic) bond motifs is 1. The first-order valence-electron chi connectivity index (χ1n) is 11.2. The maximum absolute atomic E-state index is 13.5. The van der Waals surface area contributed by atoms with Crippen LogP contribution >= 0.6 is 11.6 Å². The van der Waals surface area contributed by atoms with E-state index in [2.05, 4.69) is 15.3 Å². The third kappa shape index (κ3) is 4.55. The standard InChI is InChI=1S/C25H24ClN7O2/c1-31(21(34)3-2-14-28-17-6-7-17)18-10-12-20(13-11-18)33-24-22(23(27)29-15-30-24)32(25(33)35)19-8-4-16(26)5-9-19/h2-5,8-13,15,17,28H,6-7,14H2,1H3,(H2,27,29,30). The molecule has 10 heteroatoms. The number of amides is 1. The van der Waals surface area contributed by atoms with Crippen LogP contribution in [0.5, 0.6) is 0 Å². The molecule has 3 N–H and O–H groups in total. The first-order valence-corrected chi connectivity index (χ1v) is 11.6. The van der Waals surface area contributed by atoms with Crippen molar-refractivity contribution < 1.29 is 4.79 Å². The van der Waals surface area contributed by atoms with Gasteiger partial charge < -0.3 is 16.0 Å². The van der Waals surface area contributed by atoms with Crippen LogP contribution < -0.4 is 21.6 Å². The number of hydrogen-bond acceptors (Lipinski definition) is 6. The lowest BCUT2D eigenvalue weighted by Gasteiger charge is -2.16. The number of likely N-dealkylation sites (N-methyl/N-ethyl adjacent to an activating group) is 1. The first kappa shape index (κ1) is 22.8. The average molecular weight is 490 g/mol. The van der Waals surface area contributed by atoms with Crippen molar-refractivity contribution in [3.63, 3.8) is 0 Å². The van der Waals surface area contributed by atoms with Gasteiger partial charge in [0, 0.05) is 36.4 Å². The molecular formula is C25H24ClN7O2. The number of nitrogen functional groups attached to an aromatic ring is 1. The molecule has 0 atom stereocenters. The zero-order chi connectivity index (χ0) is 24.5. The van der Waals surface area contributed by atoms with Crippen molar-refractivity contribution in [2.24, 2.45) is 0 Å². The summed E-state index contributed by atoms with van der Waals surface area (Å²) in [5, 5.41) is 3.89. The molecule has 1 aliphatic carbocycles. The van der Waals surface area contributed by atoms with Gasteiger partial charge in [0.25, 0.3) is 0 Å². The smallest absolute Gasteiger partial charge is 0.339 e. The molecule has 2 aromatic carbocycles. The zero-order valence-electron chi connectivity index (χ0n) is 19.1. The molecule has 9 nitrogen and oxygen atoms in total. The van der Waals surface area contributed by atoms with Crippen LogP contribution in [0.1, 0.15) is 12.8 Å². The summed E-state index contributed by atoms with van der Waals surface area (Å²) in [4.78, 5) is 36.0. The number of hydrogen-bond donors (Lipinski definition) is 2. The van der Waals surface area contributed by atoms with E-state index in [1.54, 1.807) is 66.6 Å². The third-order valence-electron chi connectivity index (χ3n) is 5.92. The van der Waals surface area contributed by atoms with E-state index in [1.165, 1.54) is 28.3 Å². The van der Waals surface area contributed by atoms with Crippen LogP contribution in [0.4, 0.5) is 11.5 Å². The normalized spacial score (nSPS) is 13.5. The number of imidazole rings is 1. The second-order valence-corrected chi connectivity index (χ2v) is 8.80. The fraction of sp³-hybridized carbons (Fsp3) is 0.200. The minimum atomic E-state index is -0.349. The predicted octanol–water partition coefficient (Wildman–Crippen LogP) is 3.08. The zero-order valence-corrected chi connectivity index (χ0v) is 19.8. The highest BCUT2D eigenvalue weighted by molar-refractivity contribution is 6.30. The van der Waals surface area contributed by atoms with Crippen molar-refractivity contribution in [3.8, 4) is 11.4 Å². The summed E-state index contributed by atoms with van der Waals surface area (Å²) >= 11 is 6.03. The molecule has 2 aromatic heterocycles. The van der Waals surface area contributed by atoms with Gasteiger partial charge in [-0.25, -0.2) is 19.3 Å². The number of aromatic nitrogens is 4. The fourth-order valence-corrected chi connectivity index (χ4v) is 3.98. The Hall–Kier alpha value is -3.95. The molecule has 1 saturated carbocycles. The summed E-state index contributed by atoms with van der Waals surface area (Å²) in [7, 11) is 1.71. The summed E-state index contributed by atoms with van der Waals surface area (Å²) in [6, 6.07) is 14.6. The number of halogens is 1. The van der Waals surface area contributed by atoms with Crippen molar-refractivity contribution in [1.82, 2.24) is 24.4 Å². The molecule has 0 saturated heterocycles. The van der Waals surface area contributed by atoms with E-state index < -0.39 is 0 Å². The molecule has 0 spiro atoms. The molecule has 0 unspecified atom stereocenters. The third-order valence-corrected chi connectivity index (χ3v) is 6.17. The maximum Gasteiger partial charge on any atom is 0.339 e. The van der Waals surface area contributed by atoms with E-state index in [0.717, 1.165) is 0 Å². The van der Waals surface area contributed by atoms with Gasteiger partial charge in [-0.15, -0.1) is 0 Å². The lowest BCUT2D eigenvalue weighted by molar-refractivity contribution is -0.113. The van der Waals surface area contributed by atoms with Gasteiger partial charge in [-0.1, -0.05) is 17.7 Å². The number of rotatable bonds is 7. The molecule has 35 heavy (non-hydrogen) atoms. The van der Waals surface area contributed by atoms with Crippen LogP contribution in [0.3, 0.4) is 0 Å². The van der Waals surface area contributed by atoms with Gasteiger partial charge in [0.2, 0.25) is 5.91 Å². The first-order chi connectivity index (χ1) is 16.9. The Morgan fingerprint density at radius 1 is 1.11 bits per heavy atom. The Kier molecular flexibility index (Phi) is 6.10. The van der Waals surface area contributed by atoms with Crippen LogP contribution in [0, 0.1) is 0 Å². The second kappa shape index (κ2) is 9.36. The van der Waals surface area contributed by atoms with Crippen molar-refractivity contribution in [3.05, 3.63) is 82.5 Å². The fourth-order valence-electron chi connectivity index (χ4n) is 3.86. The van der Waals surface area contributed by atoms with Crippen LogP contribution in [-0.4, -0.2) is 44.6 Å². The molecule has 4 aromatic rings. The second-order valence-electron chi connectivity index (χ2n) is 8.36. The molecule has 2 heterocycles. The SMILES string of the molecule is CN(C(=O)C=CCNC1CC1)c1ccc(-n2c(=O)n(-c3ccc(Cl)cc3)c3c(N)ncnc32)cc1. The lowest BCUT2D eigenvalue weighted by atomic mass is 10.2. The van der Waals surface area contributed by atoms with Crippen molar-refractivity contribution in [1.29, 1.82) is 0 Å². The highest BCUT2D eigenvalue weighted by atomic mass is 35.5. The molecule has 178 valence electrons. The molecule has 1 aliphatic rings. The topological polar surface area (TPSA) is 111 Å². The van der Waals surface area contributed by atoms with E-state index in [4.69, 9.17) is 17.3 Å². The monoisotopic (exact) mass is 489 g/mol. The highest BCUT2D eigenvalue weighted by Gasteiger charge is 2.21.